The summed E-state index contributed by atoms with van der Waals surface area (Å²) in [5, 5.41) is 13.1. The molecule has 0 amide bonds. The Balaban J connectivity index is 1.61. The molecule has 1 saturated carbocycles. The van der Waals surface area contributed by atoms with E-state index in [4.69, 9.17) is 32.7 Å². The van der Waals surface area contributed by atoms with Crippen molar-refractivity contribution >= 4 is 23.2 Å². The predicted octanol–water partition coefficient (Wildman–Crippen LogP) is 3.92. The van der Waals surface area contributed by atoms with Crippen molar-refractivity contribution in [1.29, 1.82) is 0 Å². The number of fused-ring (bicyclic) bond motifs is 1. The van der Waals surface area contributed by atoms with Crippen LogP contribution in [0.2, 0.25) is 10.0 Å². The molecular formula is C21H25Cl2N3O3. The molecule has 6 nitrogen and oxygen atoms in total. The van der Waals surface area contributed by atoms with Gasteiger partial charge in [-0.2, -0.15) is 4.98 Å². The highest BCUT2D eigenvalue weighted by Crippen LogP contribution is 2.50. The van der Waals surface area contributed by atoms with E-state index < -0.39 is 5.60 Å². The van der Waals surface area contributed by atoms with Crippen LogP contribution >= 0.6 is 23.2 Å². The van der Waals surface area contributed by atoms with Crippen LogP contribution in [0, 0.1) is 11.8 Å². The van der Waals surface area contributed by atoms with E-state index in [0.29, 0.717) is 40.4 Å². The van der Waals surface area contributed by atoms with Gasteiger partial charge in [0.2, 0.25) is 5.88 Å². The normalized spacial score (nSPS) is 26.9. The maximum atomic E-state index is 11.8. The van der Waals surface area contributed by atoms with Gasteiger partial charge in [-0.3, -0.25) is 4.90 Å². The Morgan fingerprint density at radius 1 is 1.21 bits per heavy atom. The van der Waals surface area contributed by atoms with Crippen molar-refractivity contribution in [1.82, 2.24) is 14.9 Å². The first-order chi connectivity index (χ1) is 14.0. The Kier molecular flexibility index (Phi) is 5.89. The van der Waals surface area contributed by atoms with Crippen LogP contribution in [-0.2, 0) is 12.1 Å². The monoisotopic (exact) mass is 437 g/mol. The fourth-order valence-corrected chi connectivity index (χ4v) is 5.40. The molecule has 0 radical (unpaired) electrons. The second kappa shape index (κ2) is 8.26. The molecule has 2 aromatic rings. The topological polar surface area (TPSA) is 67.7 Å². The van der Waals surface area contributed by atoms with Crippen molar-refractivity contribution in [2.45, 2.75) is 31.4 Å². The third-order valence-electron chi connectivity index (χ3n) is 6.28. The molecule has 1 aliphatic heterocycles. The summed E-state index contributed by atoms with van der Waals surface area (Å²) < 4.78 is 10.6. The summed E-state index contributed by atoms with van der Waals surface area (Å²) in [4.78, 5) is 10.8. The van der Waals surface area contributed by atoms with Gasteiger partial charge in [-0.25, -0.2) is 4.98 Å². The summed E-state index contributed by atoms with van der Waals surface area (Å²) in [6, 6.07) is 5.80. The number of hydrogen-bond acceptors (Lipinski definition) is 6. The maximum absolute atomic E-state index is 11.8. The van der Waals surface area contributed by atoms with Crippen molar-refractivity contribution in [3.63, 3.8) is 0 Å². The van der Waals surface area contributed by atoms with Gasteiger partial charge in [0.1, 0.15) is 5.60 Å². The molecule has 1 aliphatic carbocycles. The number of rotatable bonds is 5. The Morgan fingerprint density at radius 2 is 1.97 bits per heavy atom. The smallest absolute Gasteiger partial charge is 0.319 e. The number of hydrogen-bond donors (Lipinski definition) is 1. The summed E-state index contributed by atoms with van der Waals surface area (Å²) in [6.07, 6.45) is 4.31. The fourth-order valence-electron chi connectivity index (χ4n) is 4.89. The zero-order valence-electron chi connectivity index (χ0n) is 16.6. The molecule has 8 heteroatoms. The number of halogens is 2. The zero-order valence-corrected chi connectivity index (χ0v) is 18.1. The van der Waals surface area contributed by atoms with Crippen LogP contribution in [0.15, 0.2) is 24.4 Å². The van der Waals surface area contributed by atoms with Gasteiger partial charge in [0.25, 0.3) is 0 Å². The van der Waals surface area contributed by atoms with Gasteiger partial charge in [0.15, 0.2) is 0 Å². The minimum atomic E-state index is -1.04. The quantitative estimate of drug-likeness (QED) is 0.764. The van der Waals surface area contributed by atoms with Gasteiger partial charge in [0, 0.05) is 47.4 Å². The molecule has 2 aliphatic rings. The maximum Gasteiger partial charge on any atom is 0.319 e. The molecule has 0 bridgehead atoms. The van der Waals surface area contributed by atoms with Gasteiger partial charge in [-0.1, -0.05) is 29.3 Å². The summed E-state index contributed by atoms with van der Waals surface area (Å²) in [6.45, 7) is 2.31. The number of aromatic nitrogens is 2. The molecule has 2 fully saturated rings. The Labute approximate surface area is 180 Å². The molecule has 29 heavy (non-hydrogen) atoms. The second-order valence-electron chi connectivity index (χ2n) is 7.86. The molecule has 1 aromatic carbocycles. The lowest BCUT2D eigenvalue weighted by atomic mass is 9.68. The summed E-state index contributed by atoms with van der Waals surface area (Å²) in [7, 11) is 3.06. The van der Waals surface area contributed by atoms with Crippen molar-refractivity contribution < 1.29 is 14.6 Å². The summed E-state index contributed by atoms with van der Waals surface area (Å²) in [5.74, 6) is 0.804. The molecule has 1 aromatic heterocycles. The number of aliphatic hydroxyl groups is 1. The molecule has 1 saturated heterocycles. The summed E-state index contributed by atoms with van der Waals surface area (Å²) in [5.41, 5.74) is 0.524. The van der Waals surface area contributed by atoms with Gasteiger partial charge in [-0.05, 0) is 37.3 Å². The third-order valence-corrected chi connectivity index (χ3v) is 6.99. The number of nitrogens with zero attached hydrogens (tertiary/aromatic N) is 3. The lowest BCUT2D eigenvalue weighted by Gasteiger charge is -2.41. The highest BCUT2D eigenvalue weighted by atomic mass is 35.5. The molecule has 3 atom stereocenters. The van der Waals surface area contributed by atoms with E-state index in [1.165, 1.54) is 7.11 Å². The van der Waals surface area contributed by atoms with E-state index in [-0.39, 0.29) is 11.9 Å². The molecule has 156 valence electrons. The van der Waals surface area contributed by atoms with E-state index in [2.05, 4.69) is 14.9 Å². The lowest BCUT2D eigenvalue weighted by Crippen LogP contribution is -2.43. The number of methoxy groups -OCH3 is 2. The first-order valence-electron chi connectivity index (χ1n) is 9.79. The van der Waals surface area contributed by atoms with Crippen LogP contribution in [0.5, 0.6) is 11.9 Å². The van der Waals surface area contributed by atoms with E-state index in [1.54, 1.807) is 13.3 Å². The molecule has 1 N–H and O–H groups in total. The Bertz CT molecular complexity index is 877. The number of likely N-dealkylation sites (tertiary alicyclic amines) is 1. The standard InChI is InChI=1S/C21H25Cl2N3O3/c1-28-19-15(9-24-20(25-19)29-2)21(27)8-4-5-13-10-26(12-16(13)21)11-14-17(22)6-3-7-18(14)23/h3,6-7,9,13,16,27H,4-5,8,10-12H2,1-2H3/t13-,16-,21+/m0/s1. The Hall–Kier alpha value is -1.60. The van der Waals surface area contributed by atoms with E-state index in [0.717, 1.165) is 31.5 Å². The molecule has 0 spiro atoms. The predicted molar refractivity (Wildman–Crippen MR) is 112 cm³/mol. The van der Waals surface area contributed by atoms with Gasteiger partial charge in [0.05, 0.1) is 19.8 Å². The first kappa shape index (κ1) is 20.7. The van der Waals surface area contributed by atoms with Crippen molar-refractivity contribution in [2.24, 2.45) is 11.8 Å². The van der Waals surface area contributed by atoms with Crippen LogP contribution in [0.3, 0.4) is 0 Å². The molecule has 4 rings (SSSR count). The van der Waals surface area contributed by atoms with Crippen molar-refractivity contribution in [2.75, 3.05) is 27.3 Å². The Morgan fingerprint density at radius 3 is 2.66 bits per heavy atom. The lowest BCUT2D eigenvalue weighted by molar-refractivity contribution is -0.0669. The largest absolute Gasteiger partial charge is 0.481 e. The zero-order chi connectivity index (χ0) is 20.6. The number of benzene rings is 1. The van der Waals surface area contributed by atoms with E-state index in [9.17, 15) is 5.11 Å². The summed E-state index contributed by atoms with van der Waals surface area (Å²) >= 11 is 12.8. The highest BCUT2D eigenvalue weighted by Gasteiger charge is 2.51. The van der Waals surface area contributed by atoms with Crippen LogP contribution < -0.4 is 9.47 Å². The van der Waals surface area contributed by atoms with Gasteiger partial charge in [-0.15, -0.1) is 0 Å². The third kappa shape index (κ3) is 3.79. The highest BCUT2D eigenvalue weighted by molar-refractivity contribution is 6.35. The average molecular weight is 438 g/mol. The molecule has 0 unspecified atom stereocenters. The van der Waals surface area contributed by atoms with Crippen LogP contribution in [0.4, 0.5) is 0 Å². The van der Waals surface area contributed by atoms with Crippen molar-refractivity contribution in [3.8, 4) is 11.9 Å². The van der Waals surface area contributed by atoms with Gasteiger partial charge >= 0.3 is 6.01 Å². The average Bonchev–Trinajstić information content (AvgIpc) is 3.15. The van der Waals surface area contributed by atoms with Crippen LogP contribution in [0.1, 0.15) is 30.4 Å². The van der Waals surface area contributed by atoms with Crippen LogP contribution in [0.25, 0.3) is 0 Å². The SMILES string of the molecule is COc1ncc([C@]2(O)CCC[C@H]3CN(Cc4c(Cl)cccc4Cl)C[C@@H]32)c(OC)n1. The van der Waals surface area contributed by atoms with E-state index >= 15 is 0 Å². The minimum Gasteiger partial charge on any atom is -0.481 e. The van der Waals surface area contributed by atoms with Crippen LogP contribution in [-0.4, -0.2) is 47.3 Å². The molecular weight excluding hydrogens is 413 g/mol. The fraction of sp³-hybridized carbons (Fsp3) is 0.524. The first-order valence-corrected chi connectivity index (χ1v) is 10.5. The molecule has 2 heterocycles. The van der Waals surface area contributed by atoms with Crippen molar-refractivity contribution in [3.05, 3.63) is 45.6 Å². The van der Waals surface area contributed by atoms with Gasteiger partial charge < -0.3 is 14.6 Å². The number of ether oxygens (including phenoxy) is 2. The van der Waals surface area contributed by atoms with E-state index in [1.807, 2.05) is 18.2 Å². The second-order valence-corrected chi connectivity index (χ2v) is 8.67. The minimum absolute atomic E-state index is 0.0587.